The molecule has 0 saturated heterocycles. The van der Waals surface area contributed by atoms with Crippen LogP contribution in [0.3, 0.4) is 0 Å². The highest BCUT2D eigenvalue weighted by atomic mass is 79.9. The molecule has 0 atom stereocenters. The lowest BCUT2D eigenvalue weighted by Gasteiger charge is -2.18. The van der Waals surface area contributed by atoms with Crippen LogP contribution in [0.4, 0.5) is 4.39 Å². The van der Waals surface area contributed by atoms with Gasteiger partial charge in [0.15, 0.2) is 0 Å². The molecule has 0 aliphatic heterocycles. The van der Waals surface area contributed by atoms with E-state index in [0.717, 1.165) is 36.1 Å². The average molecular weight is 303 g/mol. The van der Waals surface area contributed by atoms with Crippen molar-refractivity contribution in [2.45, 2.75) is 13.0 Å². The second-order valence-corrected chi connectivity index (χ2v) is 5.59. The van der Waals surface area contributed by atoms with Gasteiger partial charge in [-0.3, -0.25) is 0 Å². The third-order valence-corrected chi connectivity index (χ3v) is 2.98. The molecule has 0 bridgehead atoms. The molecule has 0 aliphatic carbocycles. The van der Waals surface area contributed by atoms with Crippen molar-refractivity contribution in [3.05, 3.63) is 34.1 Å². The van der Waals surface area contributed by atoms with E-state index >= 15 is 0 Å². The molecule has 1 rings (SSSR count). The van der Waals surface area contributed by atoms with Gasteiger partial charge in [0.1, 0.15) is 5.82 Å². The Hall–Kier alpha value is -0.450. The van der Waals surface area contributed by atoms with E-state index in [2.05, 4.69) is 46.9 Å². The molecule has 17 heavy (non-hydrogen) atoms. The highest BCUT2D eigenvalue weighted by Crippen LogP contribution is 2.16. The Morgan fingerprint density at radius 2 is 1.82 bits per heavy atom. The number of hydrogen-bond acceptors (Lipinski definition) is 2. The van der Waals surface area contributed by atoms with Gasteiger partial charge in [-0.15, -0.1) is 0 Å². The van der Waals surface area contributed by atoms with Crippen LogP contribution in [-0.2, 0) is 6.54 Å². The molecule has 0 aliphatic rings. The van der Waals surface area contributed by atoms with Gasteiger partial charge in [-0.2, -0.15) is 0 Å². The Bertz CT molecular complexity index is 335. The Kier molecular flexibility index (Phi) is 6.09. The number of rotatable bonds is 6. The third-order valence-electron chi connectivity index (χ3n) is 2.52. The number of halogens is 2. The SMILES string of the molecule is CN(C)CCCN(C)Cc1cc(F)cc(Br)c1. The molecule has 0 spiro atoms. The lowest BCUT2D eigenvalue weighted by Crippen LogP contribution is -2.23. The van der Waals surface area contributed by atoms with E-state index in [0.29, 0.717) is 0 Å². The van der Waals surface area contributed by atoms with Gasteiger partial charge >= 0.3 is 0 Å². The van der Waals surface area contributed by atoms with Crippen LogP contribution in [0.2, 0.25) is 0 Å². The molecule has 0 aromatic heterocycles. The summed E-state index contributed by atoms with van der Waals surface area (Å²) in [4.78, 5) is 4.39. The maximum Gasteiger partial charge on any atom is 0.124 e. The van der Waals surface area contributed by atoms with E-state index in [1.165, 1.54) is 6.07 Å². The normalized spacial score (nSPS) is 11.5. The van der Waals surface area contributed by atoms with Crippen LogP contribution < -0.4 is 0 Å². The summed E-state index contributed by atoms with van der Waals surface area (Å²) in [6.07, 6.45) is 1.12. The molecule has 0 saturated carbocycles. The first-order valence-corrected chi connectivity index (χ1v) is 6.55. The standard InChI is InChI=1S/C13H20BrFN2/c1-16(2)5-4-6-17(3)10-11-7-12(14)9-13(15)8-11/h7-9H,4-6,10H2,1-3H3. The predicted molar refractivity (Wildman–Crippen MR) is 73.6 cm³/mol. The van der Waals surface area contributed by atoms with Gasteiger partial charge in [-0.25, -0.2) is 4.39 Å². The minimum atomic E-state index is -0.184. The minimum Gasteiger partial charge on any atom is -0.309 e. The van der Waals surface area contributed by atoms with Crippen molar-refractivity contribution < 1.29 is 4.39 Å². The molecule has 0 unspecified atom stereocenters. The smallest absolute Gasteiger partial charge is 0.124 e. The zero-order valence-corrected chi connectivity index (χ0v) is 12.3. The maximum absolute atomic E-state index is 13.2. The van der Waals surface area contributed by atoms with Crippen LogP contribution in [0, 0.1) is 5.82 Å². The molecule has 0 heterocycles. The van der Waals surface area contributed by atoms with E-state index in [9.17, 15) is 4.39 Å². The molecule has 96 valence electrons. The molecular weight excluding hydrogens is 283 g/mol. The highest BCUT2D eigenvalue weighted by Gasteiger charge is 2.03. The van der Waals surface area contributed by atoms with Crippen LogP contribution >= 0.6 is 15.9 Å². The molecule has 0 radical (unpaired) electrons. The van der Waals surface area contributed by atoms with Crippen LogP contribution in [0.1, 0.15) is 12.0 Å². The largest absolute Gasteiger partial charge is 0.309 e. The number of hydrogen-bond donors (Lipinski definition) is 0. The molecule has 1 aromatic rings. The van der Waals surface area contributed by atoms with Gasteiger partial charge in [0.2, 0.25) is 0 Å². The van der Waals surface area contributed by atoms with E-state index < -0.39 is 0 Å². The fourth-order valence-electron chi connectivity index (χ4n) is 1.75. The molecule has 1 aromatic carbocycles. The summed E-state index contributed by atoms with van der Waals surface area (Å²) >= 11 is 3.31. The van der Waals surface area contributed by atoms with Gasteiger partial charge in [0.25, 0.3) is 0 Å². The summed E-state index contributed by atoms with van der Waals surface area (Å²) < 4.78 is 14.0. The first kappa shape index (κ1) is 14.6. The summed E-state index contributed by atoms with van der Waals surface area (Å²) in [5, 5.41) is 0. The first-order valence-electron chi connectivity index (χ1n) is 5.75. The van der Waals surface area contributed by atoms with Crippen molar-refractivity contribution in [2.24, 2.45) is 0 Å². The molecule has 0 N–H and O–H groups in total. The summed E-state index contributed by atoms with van der Waals surface area (Å²) in [6, 6.07) is 5.04. The quantitative estimate of drug-likeness (QED) is 0.797. The summed E-state index contributed by atoms with van der Waals surface area (Å²) in [7, 11) is 6.21. The van der Waals surface area contributed by atoms with E-state index in [1.54, 1.807) is 6.07 Å². The lowest BCUT2D eigenvalue weighted by atomic mass is 10.2. The monoisotopic (exact) mass is 302 g/mol. The van der Waals surface area contributed by atoms with Crippen molar-refractivity contribution in [3.8, 4) is 0 Å². The van der Waals surface area contributed by atoms with Crippen LogP contribution in [0.15, 0.2) is 22.7 Å². The van der Waals surface area contributed by atoms with Crippen LogP contribution in [-0.4, -0.2) is 44.0 Å². The Morgan fingerprint density at radius 3 is 2.41 bits per heavy atom. The Morgan fingerprint density at radius 1 is 1.12 bits per heavy atom. The van der Waals surface area contributed by atoms with Crippen molar-refractivity contribution in [1.82, 2.24) is 9.80 Å². The molecule has 0 fully saturated rings. The average Bonchev–Trinajstić information content (AvgIpc) is 2.14. The van der Waals surface area contributed by atoms with E-state index in [4.69, 9.17) is 0 Å². The van der Waals surface area contributed by atoms with E-state index in [-0.39, 0.29) is 5.82 Å². The zero-order chi connectivity index (χ0) is 12.8. The van der Waals surface area contributed by atoms with Gasteiger partial charge in [0.05, 0.1) is 0 Å². The number of benzene rings is 1. The number of nitrogens with zero attached hydrogens (tertiary/aromatic N) is 2. The Labute approximate surface area is 112 Å². The van der Waals surface area contributed by atoms with Crippen LogP contribution in [0.25, 0.3) is 0 Å². The van der Waals surface area contributed by atoms with Crippen LogP contribution in [0.5, 0.6) is 0 Å². The van der Waals surface area contributed by atoms with Crippen molar-refractivity contribution in [2.75, 3.05) is 34.2 Å². The zero-order valence-electron chi connectivity index (χ0n) is 10.7. The van der Waals surface area contributed by atoms with Gasteiger partial charge < -0.3 is 9.80 Å². The first-order chi connectivity index (χ1) is 7.97. The third kappa shape index (κ3) is 6.15. The van der Waals surface area contributed by atoms with Crippen molar-refractivity contribution in [3.63, 3.8) is 0 Å². The van der Waals surface area contributed by atoms with Crippen molar-refractivity contribution >= 4 is 15.9 Å². The van der Waals surface area contributed by atoms with E-state index in [1.807, 2.05) is 6.07 Å². The summed E-state index contributed by atoms with van der Waals surface area (Å²) in [5.74, 6) is -0.184. The van der Waals surface area contributed by atoms with Gasteiger partial charge in [-0.1, -0.05) is 15.9 Å². The summed E-state index contributed by atoms with van der Waals surface area (Å²) in [6.45, 7) is 2.88. The fraction of sp³-hybridized carbons (Fsp3) is 0.538. The second-order valence-electron chi connectivity index (χ2n) is 4.67. The Balaban J connectivity index is 2.42. The molecule has 4 heteroatoms. The maximum atomic E-state index is 13.2. The molecule has 0 amide bonds. The summed E-state index contributed by atoms with van der Waals surface area (Å²) in [5.41, 5.74) is 1.00. The predicted octanol–water partition coefficient (Wildman–Crippen LogP) is 2.97. The fourth-order valence-corrected chi connectivity index (χ4v) is 2.26. The molecular formula is C13H20BrFN2. The second kappa shape index (κ2) is 7.09. The lowest BCUT2D eigenvalue weighted by molar-refractivity contribution is 0.294. The van der Waals surface area contributed by atoms with Gasteiger partial charge in [-0.05, 0) is 64.4 Å². The minimum absolute atomic E-state index is 0.184. The van der Waals surface area contributed by atoms with Crippen molar-refractivity contribution in [1.29, 1.82) is 0 Å². The molecule has 2 nitrogen and oxygen atoms in total. The van der Waals surface area contributed by atoms with Gasteiger partial charge in [0, 0.05) is 11.0 Å². The topological polar surface area (TPSA) is 6.48 Å². The highest BCUT2D eigenvalue weighted by molar-refractivity contribution is 9.10.